The van der Waals surface area contributed by atoms with Crippen LogP contribution in [0.5, 0.6) is 0 Å². The lowest BCUT2D eigenvalue weighted by Crippen LogP contribution is -2.14. The smallest absolute Gasteiger partial charge is 0.339 e. The van der Waals surface area contributed by atoms with Gasteiger partial charge in [-0.1, -0.05) is 38.3 Å². The summed E-state index contributed by atoms with van der Waals surface area (Å²) < 4.78 is 37.1. The fourth-order valence-corrected chi connectivity index (χ4v) is 2.49. The van der Waals surface area contributed by atoms with Gasteiger partial charge in [0, 0.05) is 5.56 Å². The van der Waals surface area contributed by atoms with Crippen molar-refractivity contribution in [1.29, 1.82) is 0 Å². The molecule has 0 aliphatic carbocycles. The van der Waals surface area contributed by atoms with E-state index in [1.54, 1.807) is 12.1 Å². The molecule has 0 aliphatic rings. The quantitative estimate of drug-likeness (QED) is 0.453. The Morgan fingerprint density at radius 1 is 0.889 bits per heavy atom. The fraction of sp³-hybridized carbons (Fsp3) is 0.333. The van der Waals surface area contributed by atoms with Crippen molar-refractivity contribution in [3.8, 4) is 0 Å². The van der Waals surface area contributed by atoms with Crippen LogP contribution in [-0.2, 0) is 16.1 Å². The van der Waals surface area contributed by atoms with Crippen molar-refractivity contribution >= 4 is 11.9 Å². The van der Waals surface area contributed by atoms with Gasteiger partial charge in [0.15, 0.2) is 0 Å². The van der Waals surface area contributed by atoms with Crippen molar-refractivity contribution in [3.63, 3.8) is 0 Å². The summed E-state index contributed by atoms with van der Waals surface area (Å²) in [6, 6.07) is 8.98. The first kappa shape index (κ1) is 20.6. The molecule has 144 valence electrons. The normalized spacial score (nSPS) is 10.5. The first-order chi connectivity index (χ1) is 13.0. The lowest BCUT2D eigenvalue weighted by Gasteiger charge is -2.10. The summed E-state index contributed by atoms with van der Waals surface area (Å²) in [6.07, 6.45) is 3.86. The maximum atomic E-state index is 13.6. The van der Waals surface area contributed by atoms with Gasteiger partial charge in [-0.15, -0.1) is 0 Å². The molecule has 0 amide bonds. The third kappa shape index (κ3) is 6.16. The highest BCUT2D eigenvalue weighted by Crippen LogP contribution is 2.16. The molecule has 0 heterocycles. The third-order valence-corrected chi connectivity index (χ3v) is 3.96. The summed E-state index contributed by atoms with van der Waals surface area (Å²) in [7, 11) is 0. The molecule has 0 aromatic heterocycles. The largest absolute Gasteiger partial charge is 0.462 e. The van der Waals surface area contributed by atoms with E-state index in [0.717, 1.165) is 43.9 Å². The Kier molecular flexibility index (Phi) is 7.92. The minimum Gasteiger partial charge on any atom is -0.462 e. The maximum absolute atomic E-state index is 13.6. The highest BCUT2D eigenvalue weighted by molar-refractivity contribution is 6.03. The van der Waals surface area contributed by atoms with Crippen LogP contribution < -0.4 is 0 Å². The first-order valence-corrected chi connectivity index (χ1v) is 8.90. The molecule has 0 N–H and O–H groups in total. The predicted octanol–water partition coefficient (Wildman–Crippen LogP) is 5.06. The Hall–Kier alpha value is -2.76. The van der Waals surface area contributed by atoms with Gasteiger partial charge in [-0.2, -0.15) is 0 Å². The molecule has 2 rings (SSSR count). The molecule has 0 saturated carbocycles. The average molecular weight is 376 g/mol. The second-order valence-corrected chi connectivity index (χ2v) is 6.05. The second kappa shape index (κ2) is 10.4. The number of halogens is 2. The summed E-state index contributed by atoms with van der Waals surface area (Å²) >= 11 is 0. The molecule has 2 aromatic carbocycles. The molecule has 0 saturated heterocycles. The van der Waals surface area contributed by atoms with Crippen molar-refractivity contribution in [3.05, 3.63) is 70.8 Å². The lowest BCUT2D eigenvalue weighted by molar-refractivity contribution is 0.0433. The Morgan fingerprint density at radius 3 is 2.22 bits per heavy atom. The van der Waals surface area contributed by atoms with Gasteiger partial charge < -0.3 is 9.47 Å². The van der Waals surface area contributed by atoms with Crippen molar-refractivity contribution in [2.24, 2.45) is 0 Å². The number of unbranched alkanes of at least 4 members (excludes halogenated alkanes) is 3. The lowest BCUT2D eigenvalue weighted by atomic mass is 10.1. The van der Waals surface area contributed by atoms with Gasteiger partial charge in [0.05, 0.1) is 17.7 Å². The van der Waals surface area contributed by atoms with Gasteiger partial charge in [-0.3, -0.25) is 0 Å². The summed E-state index contributed by atoms with van der Waals surface area (Å²) in [4.78, 5) is 24.5. The van der Waals surface area contributed by atoms with Crippen LogP contribution in [0.1, 0.15) is 58.9 Å². The van der Waals surface area contributed by atoms with Gasteiger partial charge >= 0.3 is 11.9 Å². The van der Waals surface area contributed by atoms with Crippen molar-refractivity contribution < 1.29 is 27.8 Å². The minimum absolute atomic E-state index is 0.0212. The van der Waals surface area contributed by atoms with E-state index in [0.29, 0.717) is 0 Å². The standard InChI is InChI=1S/C21H22F2O4/c1-2-3-4-7-12-26-20(24)17-8-5-6-9-18(17)21(25)27-14-15-13-16(22)10-11-19(15)23/h5-6,8-11,13H,2-4,7,12,14H2,1H3. The van der Waals surface area contributed by atoms with Crippen LogP contribution in [0.25, 0.3) is 0 Å². The Morgan fingerprint density at radius 2 is 1.56 bits per heavy atom. The van der Waals surface area contributed by atoms with Gasteiger partial charge in [-0.05, 0) is 36.8 Å². The fourth-order valence-electron chi connectivity index (χ4n) is 2.49. The Balaban J connectivity index is 2.00. The monoisotopic (exact) mass is 376 g/mol. The van der Waals surface area contributed by atoms with E-state index in [4.69, 9.17) is 9.47 Å². The number of hydrogen-bond donors (Lipinski definition) is 0. The molecular formula is C21H22F2O4. The molecule has 0 unspecified atom stereocenters. The topological polar surface area (TPSA) is 52.6 Å². The number of rotatable bonds is 9. The minimum atomic E-state index is -0.808. The summed E-state index contributed by atoms with van der Waals surface area (Å²) in [5, 5.41) is 0. The summed E-state index contributed by atoms with van der Waals surface area (Å²) in [6.45, 7) is 1.92. The number of ether oxygens (including phenoxy) is 2. The molecule has 2 aromatic rings. The zero-order valence-electron chi connectivity index (χ0n) is 15.2. The number of benzene rings is 2. The van der Waals surface area contributed by atoms with Crippen LogP contribution in [0.2, 0.25) is 0 Å². The number of esters is 2. The van der Waals surface area contributed by atoms with Crippen LogP contribution in [0, 0.1) is 11.6 Å². The average Bonchev–Trinajstić information content (AvgIpc) is 2.68. The predicted molar refractivity (Wildman–Crippen MR) is 96.3 cm³/mol. The van der Waals surface area contributed by atoms with Crippen molar-refractivity contribution in [2.75, 3.05) is 6.61 Å². The second-order valence-electron chi connectivity index (χ2n) is 6.05. The Bertz CT molecular complexity index is 790. The molecule has 0 bridgehead atoms. The van der Waals surface area contributed by atoms with Crippen LogP contribution in [0.15, 0.2) is 42.5 Å². The van der Waals surface area contributed by atoms with E-state index in [9.17, 15) is 18.4 Å². The molecule has 6 heteroatoms. The van der Waals surface area contributed by atoms with E-state index >= 15 is 0 Å². The first-order valence-electron chi connectivity index (χ1n) is 8.90. The number of carbonyl (C=O) groups is 2. The molecule has 0 fully saturated rings. The van der Waals surface area contributed by atoms with Crippen LogP contribution in [0.3, 0.4) is 0 Å². The molecule has 0 radical (unpaired) electrons. The van der Waals surface area contributed by atoms with E-state index in [-0.39, 0.29) is 23.3 Å². The van der Waals surface area contributed by atoms with E-state index in [2.05, 4.69) is 6.92 Å². The highest BCUT2D eigenvalue weighted by Gasteiger charge is 2.19. The maximum Gasteiger partial charge on any atom is 0.339 e. The van der Waals surface area contributed by atoms with Gasteiger partial charge in [0.25, 0.3) is 0 Å². The van der Waals surface area contributed by atoms with E-state index in [1.165, 1.54) is 12.1 Å². The van der Waals surface area contributed by atoms with Crippen molar-refractivity contribution in [1.82, 2.24) is 0 Å². The molecule has 0 spiro atoms. The molecule has 0 aliphatic heterocycles. The zero-order valence-corrected chi connectivity index (χ0v) is 15.2. The molecule has 27 heavy (non-hydrogen) atoms. The Labute approximate surface area is 157 Å². The SMILES string of the molecule is CCCCCCOC(=O)c1ccccc1C(=O)OCc1cc(F)ccc1F. The summed E-state index contributed by atoms with van der Waals surface area (Å²) in [5.74, 6) is -2.73. The van der Waals surface area contributed by atoms with E-state index in [1.807, 2.05) is 0 Å². The van der Waals surface area contributed by atoms with Gasteiger partial charge in [0.2, 0.25) is 0 Å². The van der Waals surface area contributed by atoms with Gasteiger partial charge in [-0.25, -0.2) is 18.4 Å². The van der Waals surface area contributed by atoms with Crippen molar-refractivity contribution in [2.45, 2.75) is 39.2 Å². The van der Waals surface area contributed by atoms with Gasteiger partial charge in [0.1, 0.15) is 18.2 Å². The van der Waals surface area contributed by atoms with Crippen LogP contribution in [-0.4, -0.2) is 18.5 Å². The molecular weight excluding hydrogens is 354 g/mol. The van der Waals surface area contributed by atoms with Crippen LogP contribution >= 0.6 is 0 Å². The molecule has 4 nitrogen and oxygen atoms in total. The third-order valence-electron chi connectivity index (χ3n) is 3.96. The van der Waals surface area contributed by atoms with Crippen LogP contribution in [0.4, 0.5) is 8.78 Å². The highest BCUT2D eigenvalue weighted by atomic mass is 19.1. The number of carbonyl (C=O) groups excluding carboxylic acids is 2. The summed E-state index contributed by atoms with van der Waals surface area (Å²) in [5.41, 5.74) is 0.0184. The number of hydrogen-bond acceptors (Lipinski definition) is 4. The molecule has 0 atom stereocenters. The zero-order chi connectivity index (χ0) is 19.6. The van der Waals surface area contributed by atoms with E-state index < -0.39 is 30.2 Å².